The number of hydrogen-bond donors (Lipinski definition) is 0. The average Bonchev–Trinajstić information content (AvgIpc) is 2.42. The molecule has 0 N–H and O–H groups in total. The highest BCUT2D eigenvalue weighted by atomic mass is 15.1. The van der Waals surface area contributed by atoms with E-state index >= 15 is 0 Å². The van der Waals surface area contributed by atoms with Crippen molar-refractivity contribution in [3.05, 3.63) is 28.8 Å². The Kier molecular flexibility index (Phi) is 2.25. The Morgan fingerprint density at radius 2 is 1.80 bits per heavy atom. The van der Waals surface area contributed by atoms with Gasteiger partial charge in [-0.05, 0) is 32.8 Å². The lowest BCUT2D eigenvalue weighted by Gasteiger charge is -2.04. The quantitative estimate of drug-likeness (QED) is 0.713. The van der Waals surface area contributed by atoms with Crippen LogP contribution in [0.15, 0.2) is 6.07 Å². The maximum Gasteiger partial charge on any atom is 0.234 e. The lowest BCUT2D eigenvalue weighted by atomic mass is 10.1. The maximum absolute atomic E-state index is 4.59. The average molecular weight is 203 g/mol. The lowest BCUT2D eigenvalue weighted by Crippen LogP contribution is -1.98. The zero-order valence-corrected chi connectivity index (χ0v) is 10.00. The number of fused-ring (bicyclic) bond motifs is 1. The van der Waals surface area contributed by atoms with Gasteiger partial charge in [0.15, 0.2) is 0 Å². The third-order valence-corrected chi connectivity index (χ3v) is 2.72. The van der Waals surface area contributed by atoms with E-state index in [0.717, 1.165) is 17.2 Å². The molecule has 2 heterocycles. The summed E-state index contributed by atoms with van der Waals surface area (Å²) in [4.78, 5) is 9.04. The molecule has 0 aliphatic carbocycles. The summed E-state index contributed by atoms with van der Waals surface area (Å²) >= 11 is 0. The topological polar surface area (TPSA) is 30.2 Å². The molecule has 15 heavy (non-hydrogen) atoms. The molecule has 0 saturated carbocycles. The first kappa shape index (κ1) is 10.1. The molecule has 0 spiro atoms. The summed E-state index contributed by atoms with van der Waals surface area (Å²) in [5, 5.41) is 0. The first-order valence-corrected chi connectivity index (χ1v) is 5.34. The second-order valence-corrected chi connectivity index (χ2v) is 4.41. The first-order chi connectivity index (χ1) is 7.00. The minimum absolute atomic E-state index is 0.450. The van der Waals surface area contributed by atoms with Crippen molar-refractivity contribution in [1.82, 2.24) is 14.4 Å². The Balaban J connectivity index is 2.82. The van der Waals surface area contributed by atoms with Gasteiger partial charge in [-0.25, -0.2) is 9.97 Å². The predicted molar refractivity (Wildman–Crippen MR) is 61.3 cm³/mol. The minimum Gasteiger partial charge on any atom is -0.285 e. The van der Waals surface area contributed by atoms with Crippen LogP contribution in [-0.4, -0.2) is 14.4 Å². The minimum atomic E-state index is 0.450. The van der Waals surface area contributed by atoms with Gasteiger partial charge in [-0.2, -0.15) is 0 Å². The summed E-state index contributed by atoms with van der Waals surface area (Å²) in [6.45, 7) is 10.5. The van der Waals surface area contributed by atoms with Crippen LogP contribution in [0.5, 0.6) is 0 Å². The van der Waals surface area contributed by atoms with Crippen LogP contribution in [0.4, 0.5) is 0 Å². The molecule has 0 amide bonds. The fourth-order valence-corrected chi connectivity index (χ4v) is 2.10. The van der Waals surface area contributed by atoms with E-state index in [9.17, 15) is 0 Å². The third kappa shape index (κ3) is 1.52. The van der Waals surface area contributed by atoms with E-state index in [1.165, 1.54) is 11.4 Å². The van der Waals surface area contributed by atoms with E-state index in [-0.39, 0.29) is 0 Å². The number of imidazole rings is 1. The van der Waals surface area contributed by atoms with E-state index in [2.05, 4.69) is 48.1 Å². The largest absolute Gasteiger partial charge is 0.285 e. The van der Waals surface area contributed by atoms with Crippen LogP contribution < -0.4 is 0 Å². The van der Waals surface area contributed by atoms with E-state index in [1.54, 1.807) is 0 Å². The van der Waals surface area contributed by atoms with Crippen LogP contribution in [0.2, 0.25) is 0 Å². The van der Waals surface area contributed by atoms with Gasteiger partial charge in [-0.1, -0.05) is 13.8 Å². The van der Waals surface area contributed by atoms with Gasteiger partial charge in [0.25, 0.3) is 0 Å². The molecule has 2 aromatic heterocycles. The van der Waals surface area contributed by atoms with Crippen molar-refractivity contribution in [2.75, 3.05) is 0 Å². The molecule has 3 heteroatoms. The van der Waals surface area contributed by atoms with Crippen LogP contribution in [0, 0.1) is 20.8 Å². The summed E-state index contributed by atoms with van der Waals surface area (Å²) in [7, 11) is 0. The summed E-state index contributed by atoms with van der Waals surface area (Å²) in [6, 6.07) is 2.09. The Morgan fingerprint density at radius 1 is 1.13 bits per heavy atom. The van der Waals surface area contributed by atoms with E-state index < -0.39 is 0 Å². The summed E-state index contributed by atoms with van der Waals surface area (Å²) in [5.41, 5.74) is 4.59. The molecule has 0 aliphatic heterocycles. The molecule has 2 aromatic rings. The molecule has 0 unspecified atom stereocenters. The van der Waals surface area contributed by atoms with Gasteiger partial charge in [-0.3, -0.25) is 4.40 Å². The molecule has 0 atom stereocenters. The van der Waals surface area contributed by atoms with Gasteiger partial charge >= 0.3 is 0 Å². The number of hydrogen-bond acceptors (Lipinski definition) is 2. The third-order valence-electron chi connectivity index (χ3n) is 2.72. The highest BCUT2D eigenvalue weighted by Gasteiger charge is 2.13. The maximum atomic E-state index is 4.59. The highest BCUT2D eigenvalue weighted by Crippen LogP contribution is 2.20. The van der Waals surface area contributed by atoms with Crippen molar-refractivity contribution in [2.45, 2.75) is 40.5 Å². The standard InChI is InChI=1S/C12H17N3/c1-7(2)11-10(5)15-9(4)6-8(3)13-12(15)14-11/h6-7H,1-5H3. The number of rotatable bonds is 1. The molecular weight excluding hydrogens is 186 g/mol. The number of aromatic nitrogens is 3. The summed E-state index contributed by atoms with van der Waals surface area (Å²) in [5.74, 6) is 1.28. The molecule has 0 aliphatic rings. The van der Waals surface area contributed by atoms with Crippen LogP contribution in [0.1, 0.15) is 42.5 Å². The molecule has 0 aromatic carbocycles. The molecule has 80 valence electrons. The Labute approximate surface area is 90.2 Å². The monoisotopic (exact) mass is 203 g/mol. The predicted octanol–water partition coefficient (Wildman–Crippen LogP) is 2.78. The van der Waals surface area contributed by atoms with Crippen LogP contribution in [0.25, 0.3) is 5.78 Å². The van der Waals surface area contributed by atoms with Gasteiger partial charge in [-0.15, -0.1) is 0 Å². The molecule has 0 fully saturated rings. The molecule has 0 bridgehead atoms. The fraction of sp³-hybridized carbons (Fsp3) is 0.500. The van der Waals surface area contributed by atoms with Crippen LogP contribution >= 0.6 is 0 Å². The zero-order valence-electron chi connectivity index (χ0n) is 10.00. The Morgan fingerprint density at radius 3 is 2.40 bits per heavy atom. The van der Waals surface area contributed by atoms with Crippen molar-refractivity contribution < 1.29 is 0 Å². The van der Waals surface area contributed by atoms with Gasteiger partial charge in [0.2, 0.25) is 5.78 Å². The van der Waals surface area contributed by atoms with E-state index in [0.29, 0.717) is 5.92 Å². The van der Waals surface area contributed by atoms with Crippen LogP contribution in [0.3, 0.4) is 0 Å². The number of aryl methyl sites for hydroxylation is 3. The molecule has 0 saturated heterocycles. The van der Waals surface area contributed by atoms with Crippen molar-refractivity contribution in [3.8, 4) is 0 Å². The first-order valence-electron chi connectivity index (χ1n) is 5.34. The summed E-state index contributed by atoms with van der Waals surface area (Å²) in [6.07, 6.45) is 0. The van der Waals surface area contributed by atoms with Crippen molar-refractivity contribution in [1.29, 1.82) is 0 Å². The van der Waals surface area contributed by atoms with Crippen LogP contribution in [-0.2, 0) is 0 Å². The van der Waals surface area contributed by atoms with Gasteiger partial charge in [0.1, 0.15) is 0 Å². The van der Waals surface area contributed by atoms with Crippen molar-refractivity contribution in [3.63, 3.8) is 0 Å². The van der Waals surface area contributed by atoms with Crippen molar-refractivity contribution in [2.24, 2.45) is 0 Å². The van der Waals surface area contributed by atoms with Gasteiger partial charge in [0.05, 0.1) is 5.69 Å². The summed E-state index contributed by atoms with van der Waals surface area (Å²) < 4.78 is 2.13. The van der Waals surface area contributed by atoms with Crippen molar-refractivity contribution >= 4 is 5.78 Å². The lowest BCUT2D eigenvalue weighted by molar-refractivity contribution is 0.819. The normalized spacial score (nSPS) is 11.6. The smallest absolute Gasteiger partial charge is 0.234 e. The Hall–Kier alpha value is -1.38. The second-order valence-electron chi connectivity index (χ2n) is 4.41. The zero-order chi connectivity index (χ0) is 11.2. The fourth-order valence-electron chi connectivity index (χ4n) is 2.10. The van der Waals surface area contributed by atoms with Gasteiger partial charge < -0.3 is 0 Å². The highest BCUT2D eigenvalue weighted by molar-refractivity contribution is 5.39. The molecule has 0 radical (unpaired) electrons. The SMILES string of the molecule is Cc1cc(C)n2c(C)c(C(C)C)nc2n1. The molecular formula is C12H17N3. The Bertz CT molecular complexity index is 509. The number of nitrogens with zero attached hydrogens (tertiary/aromatic N) is 3. The van der Waals surface area contributed by atoms with E-state index in [1.807, 2.05) is 6.92 Å². The van der Waals surface area contributed by atoms with E-state index in [4.69, 9.17) is 0 Å². The van der Waals surface area contributed by atoms with Gasteiger partial charge in [0, 0.05) is 17.1 Å². The molecule has 3 nitrogen and oxygen atoms in total. The molecule has 2 rings (SSSR count). The second kappa shape index (κ2) is 3.33.